The number of nitrogens with zero attached hydrogens (tertiary/aromatic N) is 2. The first kappa shape index (κ1) is 15.7. The zero-order valence-corrected chi connectivity index (χ0v) is 10.6. The summed E-state index contributed by atoms with van der Waals surface area (Å²) in [6, 6.07) is 4.38. The molecule has 0 saturated heterocycles. The number of unbranched alkanes of at least 4 members (excludes halogenated alkanes) is 4. The van der Waals surface area contributed by atoms with Crippen molar-refractivity contribution in [1.29, 1.82) is 15.9 Å². The molecule has 0 aromatic rings. The summed E-state index contributed by atoms with van der Waals surface area (Å²) in [5.74, 6) is 0.638. The second-order valence-electron chi connectivity index (χ2n) is 4.46. The molecule has 0 aliphatic heterocycles. The summed E-state index contributed by atoms with van der Waals surface area (Å²) in [7, 11) is 0. The lowest BCUT2D eigenvalue weighted by Gasteiger charge is -2.14. The maximum atomic E-state index is 8.61. The molecular weight excluding hydrogens is 210 g/mol. The van der Waals surface area contributed by atoms with Crippen LogP contribution in [0.4, 0.5) is 0 Å². The quantitative estimate of drug-likeness (QED) is 0.429. The molecule has 0 aromatic carbocycles. The number of nitriles is 2. The Morgan fingerprint density at radius 3 is 2.12 bits per heavy atom. The van der Waals surface area contributed by atoms with Gasteiger partial charge in [-0.1, -0.05) is 25.7 Å². The molecule has 0 spiro atoms. The normalized spacial score (nSPS) is 11.4. The van der Waals surface area contributed by atoms with Crippen LogP contribution in [0.3, 0.4) is 0 Å². The molecule has 0 aromatic heterocycles. The minimum Gasteiger partial charge on any atom is -0.313 e. The SMILES string of the molecule is N#CCCCCC(CCC#N)CCCCC=N. The molecule has 3 nitrogen and oxygen atoms in total. The molecule has 0 heterocycles. The third-order valence-electron chi connectivity index (χ3n) is 3.03. The third-order valence-corrected chi connectivity index (χ3v) is 3.03. The number of nitrogens with one attached hydrogen (secondary N) is 1. The van der Waals surface area contributed by atoms with Gasteiger partial charge in [-0.15, -0.1) is 0 Å². The minimum absolute atomic E-state index is 0.638. The van der Waals surface area contributed by atoms with Crippen molar-refractivity contribution in [1.82, 2.24) is 0 Å². The van der Waals surface area contributed by atoms with E-state index in [2.05, 4.69) is 12.1 Å². The molecule has 0 saturated carbocycles. The Kier molecular flexibility index (Phi) is 11.7. The summed E-state index contributed by atoms with van der Waals surface area (Å²) in [4.78, 5) is 0. The van der Waals surface area contributed by atoms with Gasteiger partial charge in [0.1, 0.15) is 0 Å². The Hall–Kier alpha value is -1.35. The highest BCUT2D eigenvalue weighted by Crippen LogP contribution is 2.21. The Bertz CT molecular complexity index is 260. The molecule has 17 heavy (non-hydrogen) atoms. The van der Waals surface area contributed by atoms with Crippen molar-refractivity contribution >= 4 is 6.21 Å². The van der Waals surface area contributed by atoms with E-state index in [-0.39, 0.29) is 0 Å². The van der Waals surface area contributed by atoms with Crippen molar-refractivity contribution in [2.24, 2.45) is 5.92 Å². The monoisotopic (exact) mass is 233 g/mol. The van der Waals surface area contributed by atoms with Gasteiger partial charge in [0.2, 0.25) is 0 Å². The second kappa shape index (κ2) is 12.7. The number of hydrogen-bond acceptors (Lipinski definition) is 3. The predicted octanol–water partition coefficient (Wildman–Crippen LogP) is 4.20. The highest BCUT2D eigenvalue weighted by molar-refractivity contribution is 5.52. The summed E-state index contributed by atoms with van der Waals surface area (Å²) >= 11 is 0. The van der Waals surface area contributed by atoms with Gasteiger partial charge in [0, 0.05) is 12.8 Å². The third kappa shape index (κ3) is 10.9. The average molecular weight is 233 g/mol. The Morgan fingerprint density at radius 1 is 0.882 bits per heavy atom. The summed E-state index contributed by atoms with van der Waals surface area (Å²) in [5, 5.41) is 24.0. The van der Waals surface area contributed by atoms with E-state index in [1.54, 1.807) is 0 Å². The van der Waals surface area contributed by atoms with Crippen LogP contribution in [-0.4, -0.2) is 6.21 Å². The van der Waals surface area contributed by atoms with Gasteiger partial charge >= 0.3 is 0 Å². The van der Waals surface area contributed by atoms with E-state index in [0.29, 0.717) is 18.8 Å². The fraction of sp³-hybridized carbons (Fsp3) is 0.786. The topological polar surface area (TPSA) is 71.4 Å². The van der Waals surface area contributed by atoms with E-state index in [4.69, 9.17) is 15.9 Å². The molecule has 0 bridgehead atoms. The average Bonchev–Trinajstić information content (AvgIpc) is 2.35. The van der Waals surface area contributed by atoms with E-state index in [0.717, 1.165) is 44.9 Å². The highest BCUT2D eigenvalue weighted by atomic mass is 14.3. The van der Waals surface area contributed by atoms with Crippen LogP contribution >= 0.6 is 0 Å². The van der Waals surface area contributed by atoms with Crippen LogP contribution in [0.5, 0.6) is 0 Å². The van der Waals surface area contributed by atoms with Crippen LogP contribution in [0.25, 0.3) is 0 Å². The lowest BCUT2D eigenvalue weighted by molar-refractivity contribution is 0.394. The molecule has 1 unspecified atom stereocenters. The zero-order valence-electron chi connectivity index (χ0n) is 10.6. The van der Waals surface area contributed by atoms with Gasteiger partial charge in [-0.3, -0.25) is 0 Å². The Labute approximate surface area is 105 Å². The maximum absolute atomic E-state index is 8.61. The Morgan fingerprint density at radius 2 is 1.53 bits per heavy atom. The van der Waals surface area contributed by atoms with Gasteiger partial charge in [-0.25, -0.2) is 0 Å². The standard InChI is InChI=1S/C14H23N3/c15-11-5-1-3-8-14(10-7-13-17)9-4-2-6-12-16/h11,14-15H,1-10H2. The van der Waals surface area contributed by atoms with E-state index < -0.39 is 0 Å². The van der Waals surface area contributed by atoms with E-state index in [9.17, 15) is 0 Å². The number of rotatable bonds is 11. The molecule has 0 aliphatic rings. The smallest absolute Gasteiger partial charge is 0.0621 e. The van der Waals surface area contributed by atoms with Crippen LogP contribution in [0.1, 0.15) is 64.2 Å². The first-order valence-corrected chi connectivity index (χ1v) is 6.58. The second-order valence-corrected chi connectivity index (χ2v) is 4.46. The van der Waals surface area contributed by atoms with Crippen molar-refractivity contribution in [3.05, 3.63) is 0 Å². The van der Waals surface area contributed by atoms with Gasteiger partial charge in [0.05, 0.1) is 12.1 Å². The van der Waals surface area contributed by atoms with Crippen LogP contribution in [0.2, 0.25) is 0 Å². The van der Waals surface area contributed by atoms with Crippen molar-refractivity contribution in [2.75, 3.05) is 0 Å². The van der Waals surface area contributed by atoms with E-state index >= 15 is 0 Å². The van der Waals surface area contributed by atoms with Crippen molar-refractivity contribution in [2.45, 2.75) is 64.2 Å². The van der Waals surface area contributed by atoms with Gasteiger partial charge in [0.15, 0.2) is 0 Å². The molecule has 0 fully saturated rings. The molecule has 1 atom stereocenters. The predicted molar refractivity (Wildman–Crippen MR) is 69.7 cm³/mol. The lowest BCUT2D eigenvalue weighted by atomic mass is 9.91. The highest BCUT2D eigenvalue weighted by Gasteiger charge is 2.07. The largest absolute Gasteiger partial charge is 0.313 e. The molecule has 0 radical (unpaired) electrons. The van der Waals surface area contributed by atoms with Crippen LogP contribution in [0, 0.1) is 34.0 Å². The molecule has 0 rings (SSSR count). The van der Waals surface area contributed by atoms with Crippen LogP contribution < -0.4 is 0 Å². The van der Waals surface area contributed by atoms with E-state index in [1.807, 2.05) is 0 Å². The maximum Gasteiger partial charge on any atom is 0.0621 e. The van der Waals surface area contributed by atoms with Crippen molar-refractivity contribution < 1.29 is 0 Å². The van der Waals surface area contributed by atoms with Gasteiger partial charge in [-0.05, 0) is 37.8 Å². The summed E-state index contributed by atoms with van der Waals surface area (Å²) in [6.45, 7) is 0. The summed E-state index contributed by atoms with van der Waals surface area (Å²) in [6.07, 6.45) is 11.3. The first-order valence-electron chi connectivity index (χ1n) is 6.58. The molecule has 0 aliphatic carbocycles. The number of hydrogen-bond donors (Lipinski definition) is 1. The molecular formula is C14H23N3. The molecule has 94 valence electrons. The molecule has 0 amide bonds. The van der Waals surface area contributed by atoms with Gasteiger partial charge in [0.25, 0.3) is 0 Å². The minimum atomic E-state index is 0.638. The summed E-state index contributed by atoms with van der Waals surface area (Å²) < 4.78 is 0. The Balaban J connectivity index is 3.68. The first-order chi connectivity index (χ1) is 8.35. The fourth-order valence-electron chi connectivity index (χ4n) is 2.02. The molecule has 3 heteroatoms. The van der Waals surface area contributed by atoms with Crippen LogP contribution in [-0.2, 0) is 0 Å². The van der Waals surface area contributed by atoms with Crippen LogP contribution in [0.15, 0.2) is 0 Å². The van der Waals surface area contributed by atoms with Gasteiger partial charge in [-0.2, -0.15) is 10.5 Å². The van der Waals surface area contributed by atoms with Crippen molar-refractivity contribution in [3.63, 3.8) is 0 Å². The lowest BCUT2D eigenvalue weighted by Crippen LogP contribution is -2.01. The fourth-order valence-corrected chi connectivity index (χ4v) is 2.02. The summed E-state index contributed by atoms with van der Waals surface area (Å²) in [5.41, 5.74) is 0. The molecule has 1 N–H and O–H groups in total. The van der Waals surface area contributed by atoms with Crippen molar-refractivity contribution in [3.8, 4) is 12.1 Å². The zero-order chi connectivity index (χ0) is 12.8. The van der Waals surface area contributed by atoms with Gasteiger partial charge < -0.3 is 5.41 Å². The van der Waals surface area contributed by atoms with E-state index in [1.165, 1.54) is 12.6 Å².